The van der Waals surface area contributed by atoms with Crippen molar-refractivity contribution in [2.24, 2.45) is 0 Å². The Morgan fingerprint density at radius 2 is 1.94 bits per heavy atom. The lowest BCUT2D eigenvalue weighted by molar-refractivity contribution is -0.137. The third-order valence-electron chi connectivity index (χ3n) is 5.76. The van der Waals surface area contributed by atoms with Gasteiger partial charge < -0.3 is 14.7 Å². The molecule has 2 heterocycles. The smallest absolute Gasteiger partial charge is 0.303 e. The van der Waals surface area contributed by atoms with E-state index < -0.39 is 11.8 Å². The third kappa shape index (κ3) is 5.55. The molecule has 33 heavy (non-hydrogen) atoms. The first-order valence-corrected chi connectivity index (χ1v) is 10.9. The number of nitrogens with zero attached hydrogens (tertiary/aromatic N) is 2. The van der Waals surface area contributed by atoms with Crippen molar-refractivity contribution in [1.29, 1.82) is 0 Å². The zero-order valence-corrected chi connectivity index (χ0v) is 18.2. The van der Waals surface area contributed by atoms with Crippen LogP contribution in [0, 0.1) is 5.82 Å². The third-order valence-corrected chi connectivity index (χ3v) is 5.76. The molecule has 1 aliphatic heterocycles. The van der Waals surface area contributed by atoms with Crippen LogP contribution in [0.2, 0.25) is 0 Å². The number of amides is 1. The lowest BCUT2D eigenvalue weighted by atomic mass is 10.1. The van der Waals surface area contributed by atoms with E-state index in [0.717, 1.165) is 28.8 Å². The van der Waals surface area contributed by atoms with E-state index in [2.05, 4.69) is 4.98 Å². The Labute approximate surface area is 191 Å². The highest BCUT2D eigenvalue weighted by Crippen LogP contribution is 2.33. The number of anilines is 1. The van der Waals surface area contributed by atoms with Gasteiger partial charge in [-0.15, -0.1) is 0 Å². The molecule has 1 amide bonds. The summed E-state index contributed by atoms with van der Waals surface area (Å²) in [5.41, 5.74) is 4.22. The zero-order valence-electron chi connectivity index (χ0n) is 18.2. The fourth-order valence-electron chi connectivity index (χ4n) is 4.06. The van der Waals surface area contributed by atoms with Gasteiger partial charge in [0, 0.05) is 43.4 Å². The summed E-state index contributed by atoms with van der Waals surface area (Å²) in [6.07, 6.45) is 5.30. The minimum absolute atomic E-state index is 0.0545. The highest BCUT2D eigenvalue weighted by molar-refractivity contribution is 5.96. The molecule has 0 spiro atoms. The Morgan fingerprint density at radius 1 is 1.06 bits per heavy atom. The highest BCUT2D eigenvalue weighted by atomic mass is 19.1. The first-order chi connectivity index (χ1) is 16.0. The number of hydrogen-bond donors (Lipinski definition) is 1. The molecule has 170 valence electrons. The number of halogens is 1. The molecule has 1 N–H and O–H groups in total. The van der Waals surface area contributed by atoms with Gasteiger partial charge in [0.2, 0.25) is 5.91 Å². The molecular weight excluding hydrogens is 423 g/mol. The summed E-state index contributed by atoms with van der Waals surface area (Å²) < 4.78 is 20.1. The molecule has 2 aromatic carbocycles. The Kier molecular flexibility index (Phi) is 6.98. The van der Waals surface area contributed by atoms with Gasteiger partial charge in [0.1, 0.15) is 18.2 Å². The second kappa shape index (κ2) is 10.3. The normalized spacial score (nSPS) is 12.5. The van der Waals surface area contributed by atoms with Gasteiger partial charge in [-0.3, -0.25) is 14.6 Å². The molecule has 1 aliphatic rings. The number of carbonyl (C=O) groups is 2. The predicted octanol–water partition coefficient (Wildman–Crippen LogP) is 4.34. The Morgan fingerprint density at radius 3 is 2.70 bits per heavy atom. The maximum absolute atomic E-state index is 14.3. The fraction of sp³-hybridized carbons (Fsp3) is 0.269. The SMILES string of the molecule is O=C(O)CCc1ccc(OCc2cccc3c2N(C(=O)CCc2cccnc2)CC3)cc1F. The van der Waals surface area contributed by atoms with Crippen LogP contribution in [0.15, 0.2) is 60.9 Å². The van der Waals surface area contributed by atoms with Gasteiger partial charge in [0.15, 0.2) is 0 Å². The van der Waals surface area contributed by atoms with E-state index in [4.69, 9.17) is 9.84 Å². The minimum atomic E-state index is -0.966. The summed E-state index contributed by atoms with van der Waals surface area (Å²) in [6.45, 7) is 0.828. The van der Waals surface area contributed by atoms with Gasteiger partial charge in [-0.05, 0) is 48.1 Å². The number of aliphatic carboxylic acids is 1. The van der Waals surface area contributed by atoms with E-state index in [1.165, 1.54) is 6.07 Å². The average Bonchev–Trinajstić information content (AvgIpc) is 3.26. The largest absolute Gasteiger partial charge is 0.489 e. The molecule has 7 heteroatoms. The molecule has 0 fully saturated rings. The van der Waals surface area contributed by atoms with E-state index in [9.17, 15) is 14.0 Å². The van der Waals surface area contributed by atoms with E-state index in [-0.39, 0.29) is 25.4 Å². The second-order valence-electron chi connectivity index (χ2n) is 8.02. The average molecular weight is 448 g/mol. The predicted molar refractivity (Wildman–Crippen MR) is 122 cm³/mol. The molecule has 0 radical (unpaired) electrons. The number of pyridine rings is 1. The first kappa shape index (κ1) is 22.5. The summed E-state index contributed by atoms with van der Waals surface area (Å²) in [4.78, 5) is 29.6. The number of benzene rings is 2. The van der Waals surface area contributed by atoms with E-state index in [1.807, 2.05) is 35.2 Å². The number of rotatable bonds is 9. The number of fused-ring (bicyclic) bond motifs is 1. The van der Waals surface area contributed by atoms with Gasteiger partial charge in [-0.2, -0.15) is 0 Å². The highest BCUT2D eigenvalue weighted by Gasteiger charge is 2.27. The molecule has 0 saturated carbocycles. The molecule has 0 aliphatic carbocycles. The summed E-state index contributed by atoms with van der Waals surface area (Å²) in [5, 5.41) is 8.78. The van der Waals surface area contributed by atoms with Crippen LogP contribution in [0.1, 0.15) is 35.1 Å². The first-order valence-electron chi connectivity index (χ1n) is 10.9. The van der Waals surface area contributed by atoms with Crippen molar-refractivity contribution in [3.8, 4) is 5.75 Å². The molecule has 0 atom stereocenters. The van der Waals surface area contributed by atoms with E-state index in [1.54, 1.807) is 24.5 Å². The Bertz CT molecular complexity index is 1150. The Balaban J connectivity index is 1.43. The maximum atomic E-state index is 14.3. The Hall–Kier alpha value is -3.74. The number of aryl methyl sites for hydroxylation is 2. The number of hydrogen-bond acceptors (Lipinski definition) is 4. The van der Waals surface area contributed by atoms with E-state index in [0.29, 0.717) is 30.7 Å². The number of para-hydroxylation sites is 1. The summed E-state index contributed by atoms with van der Waals surface area (Å²) in [6, 6.07) is 14.2. The molecule has 0 bridgehead atoms. The summed E-state index contributed by atoms with van der Waals surface area (Å²) in [5.74, 6) is -1.04. The van der Waals surface area contributed by atoms with Crippen LogP contribution in [-0.4, -0.2) is 28.5 Å². The van der Waals surface area contributed by atoms with Gasteiger partial charge in [-0.25, -0.2) is 4.39 Å². The van der Waals surface area contributed by atoms with Gasteiger partial charge in [0.25, 0.3) is 0 Å². The number of carbonyl (C=O) groups excluding carboxylic acids is 1. The van der Waals surface area contributed by atoms with Crippen molar-refractivity contribution in [3.63, 3.8) is 0 Å². The molecule has 4 rings (SSSR count). The van der Waals surface area contributed by atoms with Crippen molar-refractivity contribution >= 4 is 17.6 Å². The lowest BCUT2D eigenvalue weighted by Gasteiger charge is -2.21. The van der Waals surface area contributed by atoms with Crippen LogP contribution in [0.3, 0.4) is 0 Å². The number of ether oxygens (including phenoxy) is 1. The van der Waals surface area contributed by atoms with Gasteiger partial charge in [0.05, 0.1) is 5.69 Å². The van der Waals surface area contributed by atoms with Crippen molar-refractivity contribution < 1.29 is 23.8 Å². The van der Waals surface area contributed by atoms with Crippen LogP contribution in [0.5, 0.6) is 5.75 Å². The zero-order chi connectivity index (χ0) is 23.2. The molecule has 1 aromatic heterocycles. The van der Waals surface area contributed by atoms with Gasteiger partial charge in [-0.1, -0.05) is 30.3 Å². The monoisotopic (exact) mass is 448 g/mol. The van der Waals surface area contributed by atoms with Crippen molar-refractivity contribution in [2.45, 2.75) is 38.7 Å². The van der Waals surface area contributed by atoms with Crippen LogP contribution in [0.4, 0.5) is 10.1 Å². The maximum Gasteiger partial charge on any atom is 0.303 e. The minimum Gasteiger partial charge on any atom is -0.489 e. The van der Waals surface area contributed by atoms with Gasteiger partial charge >= 0.3 is 5.97 Å². The molecular formula is C26H25FN2O4. The molecule has 6 nitrogen and oxygen atoms in total. The van der Waals surface area contributed by atoms with Crippen LogP contribution < -0.4 is 9.64 Å². The topological polar surface area (TPSA) is 79.7 Å². The number of aromatic nitrogens is 1. The molecule has 0 unspecified atom stereocenters. The van der Waals surface area contributed by atoms with Crippen molar-refractivity contribution in [1.82, 2.24) is 4.98 Å². The number of carboxylic acid groups (broad SMARTS) is 1. The second-order valence-corrected chi connectivity index (χ2v) is 8.02. The van der Waals surface area contributed by atoms with Crippen LogP contribution in [0.25, 0.3) is 0 Å². The fourth-order valence-corrected chi connectivity index (χ4v) is 4.06. The lowest BCUT2D eigenvalue weighted by Crippen LogP contribution is -2.30. The standard InChI is InChI=1S/C26H25FN2O4/c27-23-15-22(9-7-19(23)8-11-25(31)32)33-17-21-5-1-4-20-12-14-29(26(20)21)24(30)10-6-18-3-2-13-28-16-18/h1-5,7,9,13,15-16H,6,8,10-12,14,17H2,(H,31,32). The van der Waals surface area contributed by atoms with Crippen LogP contribution >= 0.6 is 0 Å². The summed E-state index contributed by atoms with van der Waals surface area (Å²) >= 11 is 0. The molecule has 3 aromatic rings. The van der Waals surface area contributed by atoms with Crippen molar-refractivity contribution in [3.05, 3.63) is 89.0 Å². The summed E-state index contributed by atoms with van der Waals surface area (Å²) in [7, 11) is 0. The van der Waals surface area contributed by atoms with Crippen molar-refractivity contribution in [2.75, 3.05) is 11.4 Å². The molecule has 0 saturated heterocycles. The van der Waals surface area contributed by atoms with E-state index >= 15 is 0 Å². The van der Waals surface area contributed by atoms with Crippen LogP contribution in [-0.2, 0) is 35.5 Å². The number of carboxylic acids is 1. The quantitative estimate of drug-likeness (QED) is 0.527.